The largest absolute Gasteiger partial charge is 0.468 e. The first kappa shape index (κ1) is 13.6. The fraction of sp³-hybridized carbons (Fsp3) is 0.333. The van der Waals surface area contributed by atoms with Crippen molar-refractivity contribution in [1.82, 2.24) is 0 Å². The molecule has 0 bridgehead atoms. The average molecular weight is 332 g/mol. The molecule has 0 N–H and O–H groups in total. The van der Waals surface area contributed by atoms with Gasteiger partial charge in [0.2, 0.25) is 0 Å². The van der Waals surface area contributed by atoms with Gasteiger partial charge in [-0.1, -0.05) is 48.5 Å². The van der Waals surface area contributed by atoms with Crippen molar-refractivity contribution < 1.29 is 19.1 Å². The van der Waals surface area contributed by atoms with Crippen molar-refractivity contribution in [3.05, 3.63) is 70.8 Å². The summed E-state index contributed by atoms with van der Waals surface area (Å²) in [7, 11) is 1.40. The minimum Gasteiger partial charge on any atom is -0.468 e. The molecule has 25 heavy (non-hydrogen) atoms. The highest BCUT2D eigenvalue weighted by molar-refractivity contribution is 6.11. The molecule has 5 atom stereocenters. The molecule has 3 aliphatic carbocycles. The zero-order chi connectivity index (χ0) is 17.2. The number of fused-ring (bicyclic) bond motifs is 5. The lowest BCUT2D eigenvalue weighted by molar-refractivity contribution is -0.151. The Kier molecular flexibility index (Phi) is 1.99. The summed E-state index contributed by atoms with van der Waals surface area (Å²) in [6.45, 7) is 1.95. The van der Waals surface area contributed by atoms with Crippen LogP contribution < -0.4 is 0 Å². The van der Waals surface area contributed by atoms with E-state index in [-0.39, 0.29) is 24.0 Å². The zero-order valence-electron chi connectivity index (χ0n) is 13.9. The fourth-order valence-electron chi connectivity index (χ4n) is 6.79. The zero-order valence-corrected chi connectivity index (χ0v) is 13.9. The first-order valence-corrected chi connectivity index (χ1v) is 8.60. The van der Waals surface area contributed by atoms with Crippen molar-refractivity contribution in [1.29, 1.82) is 0 Å². The van der Waals surface area contributed by atoms with Gasteiger partial charge >= 0.3 is 11.9 Å². The molecule has 0 amide bonds. The second-order valence-electron chi connectivity index (χ2n) is 7.53. The smallest absolute Gasteiger partial charge is 0.318 e. The lowest BCUT2D eigenvalue weighted by atomic mass is 9.66. The van der Waals surface area contributed by atoms with Gasteiger partial charge in [-0.3, -0.25) is 9.59 Å². The SMILES string of the molecule is COC(=O)[C@]12c3ccccc3[C@]34c5ccccc5[C@H]1[C@@]32C(=O)O[C@@H]4C. The first-order valence-electron chi connectivity index (χ1n) is 8.60. The molecule has 0 aromatic heterocycles. The van der Waals surface area contributed by atoms with Crippen molar-refractivity contribution in [2.75, 3.05) is 7.11 Å². The Labute approximate surface area is 144 Å². The van der Waals surface area contributed by atoms with Crippen LogP contribution in [0.5, 0.6) is 0 Å². The maximum Gasteiger partial charge on any atom is 0.318 e. The third-order valence-corrected chi connectivity index (χ3v) is 7.22. The Morgan fingerprint density at radius 1 is 1.04 bits per heavy atom. The third kappa shape index (κ3) is 0.921. The van der Waals surface area contributed by atoms with Gasteiger partial charge in [0.15, 0.2) is 0 Å². The van der Waals surface area contributed by atoms with E-state index in [1.54, 1.807) is 0 Å². The molecule has 124 valence electrons. The molecule has 2 fully saturated rings. The van der Waals surface area contributed by atoms with Gasteiger partial charge in [0.05, 0.1) is 12.5 Å². The number of rotatable bonds is 1. The molecule has 1 saturated carbocycles. The second kappa shape index (κ2) is 3.64. The minimum atomic E-state index is -0.950. The average Bonchev–Trinajstić information content (AvgIpc) is 2.99. The van der Waals surface area contributed by atoms with Gasteiger partial charge in [0, 0.05) is 5.92 Å². The van der Waals surface area contributed by atoms with Crippen LogP contribution in [0.15, 0.2) is 48.5 Å². The third-order valence-electron chi connectivity index (χ3n) is 7.22. The van der Waals surface area contributed by atoms with Gasteiger partial charge in [-0.25, -0.2) is 0 Å². The summed E-state index contributed by atoms with van der Waals surface area (Å²) >= 11 is 0. The highest BCUT2D eigenvalue weighted by Gasteiger charge is 3.02. The van der Waals surface area contributed by atoms with E-state index in [1.807, 2.05) is 43.3 Å². The summed E-state index contributed by atoms with van der Waals surface area (Å²) in [5, 5.41) is 0. The maximum atomic E-state index is 13.2. The second-order valence-corrected chi connectivity index (χ2v) is 7.53. The molecular formula is C21H16O4. The van der Waals surface area contributed by atoms with E-state index in [9.17, 15) is 9.59 Å². The maximum absolute atomic E-state index is 13.2. The summed E-state index contributed by atoms with van der Waals surface area (Å²) in [4.78, 5) is 26.3. The molecular weight excluding hydrogens is 316 g/mol. The molecule has 1 heterocycles. The van der Waals surface area contributed by atoms with Crippen molar-refractivity contribution in [2.45, 2.75) is 29.8 Å². The summed E-state index contributed by atoms with van der Waals surface area (Å²) in [5.74, 6) is -0.786. The molecule has 1 spiro atoms. The summed E-state index contributed by atoms with van der Waals surface area (Å²) in [6.07, 6.45) is -0.318. The number of hydrogen-bond donors (Lipinski definition) is 0. The van der Waals surface area contributed by atoms with E-state index >= 15 is 0 Å². The van der Waals surface area contributed by atoms with E-state index in [0.717, 1.165) is 22.3 Å². The van der Waals surface area contributed by atoms with Crippen LogP contribution in [0.2, 0.25) is 0 Å². The van der Waals surface area contributed by atoms with Crippen LogP contribution in [-0.2, 0) is 29.9 Å². The van der Waals surface area contributed by atoms with Gasteiger partial charge in [0.25, 0.3) is 0 Å². The van der Waals surface area contributed by atoms with Crippen LogP contribution in [0.3, 0.4) is 0 Å². The lowest BCUT2D eigenvalue weighted by Crippen LogP contribution is -2.41. The Hall–Kier alpha value is -2.62. The molecule has 2 aromatic carbocycles. The molecule has 2 aromatic rings. The molecule has 4 heteroatoms. The quantitative estimate of drug-likeness (QED) is 0.753. The van der Waals surface area contributed by atoms with Crippen molar-refractivity contribution in [3.63, 3.8) is 0 Å². The molecule has 1 aliphatic heterocycles. The van der Waals surface area contributed by atoms with E-state index in [1.165, 1.54) is 7.11 Å². The number of cyclic esters (lactones) is 1. The molecule has 4 nitrogen and oxygen atoms in total. The van der Waals surface area contributed by atoms with Crippen LogP contribution in [-0.4, -0.2) is 25.2 Å². The normalized spacial score (nSPS) is 40.6. The molecule has 4 aliphatic rings. The van der Waals surface area contributed by atoms with Crippen molar-refractivity contribution in [2.24, 2.45) is 5.41 Å². The van der Waals surface area contributed by atoms with E-state index in [0.29, 0.717) is 0 Å². The summed E-state index contributed by atoms with van der Waals surface area (Å²) in [6, 6.07) is 16.1. The topological polar surface area (TPSA) is 52.6 Å². The van der Waals surface area contributed by atoms with Crippen molar-refractivity contribution in [3.8, 4) is 0 Å². The predicted octanol–water partition coefficient (Wildman–Crippen LogP) is 2.44. The fourth-order valence-corrected chi connectivity index (χ4v) is 6.79. The van der Waals surface area contributed by atoms with E-state index in [4.69, 9.17) is 9.47 Å². The molecule has 0 unspecified atom stereocenters. The Morgan fingerprint density at radius 2 is 1.68 bits per heavy atom. The monoisotopic (exact) mass is 332 g/mol. The lowest BCUT2D eigenvalue weighted by Gasteiger charge is -2.32. The van der Waals surface area contributed by atoms with Crippen LogP contribution in [0, 0.1) is 5.41 Å². The number of benzene rings is 2. The number of hydrogen-bond acceptors (Lipinski definition) is 4. The standard InChI is InChI=1S/C21H16O4/c1-11-19-13-8-4-3-7-12(13)16-20(17(22)24-2,21(16,19)18(23)25-11)15-10-6-5-9-14(15)19/h3-11,16H,1-2H3/t11-,16-,19+,20+,21-/m1/s1. The van der Waals surface area contributed by atoms with Crippen LogP contribution in [0.1, 0.15) is 35.1 Å². The van der Waals surface area contributed by atoms with Crippen LogP contribution in [0.4, 0.5) is 0 Å². The predicted molar refractivity (Wildman–Crippen MR) is 88.1 cm³/mol. The summed E-state index contributed by atoms with van der Waals surface area (Å²) in [5.41, 5.74) is 1.76. The van der Waals surface area contributed by atoms with Gasteiger partial charge < -0.3 is 9.47 Å². The molecule has 6 rings (SSSR count). The number of ether oxygens (including phenoxy) is 2. The van der Waals surface area contributed by atoms with Gasteiger partial charge in [0.1, 0.15) is 16.9 Å². The van der Waals surface area contributed by atoms with E-state index in [2.05, 4.69) is 12.1 Å². The Morgan fingerprint density at radius 3 is 2.40 bits per heavy atom. The van der Waals surface area contributed by atoms with E-state index < -0.39 is 16.2 Å². The highest BCUT2D eigenvalue weighted by Crippen LogP contribution is 2.93. The van der Waals surface area contributed by atoms with Gasteiger partial charge in [-0.2, -0.15) is 0 Å². The Bertz CT molecular complexity index is 1010. The molecule has 1 saturated heterocycles. The van der Waals surface area contributed by atoms with Crippen molar-refractivity contribution >= 4 is 11.9 Å². The van der Waals surface area contributed by atoms with Gasteiger partial charge in [-0.15, -0.1) is 0 Å². The first-order chi connectivity index (χ1) is 12.1. The van der Waals surface area contributed by atoms with Crippen LogP contribution in [0.25, 0.3) is 0 Å². The van der Waals surface area contributed by atoms with Crippen LogP contribution >= 0.6 is 0 Å². The number of carbonyl (C=O) groups excluding carboxylic acids is 2. The number of carbonyl (C=O) groups is 2. The highest BCUT2D eigenvalue weighted by atomic mass is 16.6. The molecule has 0 radical (unpaired) electrons. The minimum absolute atomic E-state index is 0.198. The number of esters is 2. The van der Waals surface area contributed by atoms with Gasteiger partial charge in [-0.05, 0) is 29.2 Å². The summed E-state index contributed by atoms with van der Waals surface area (Å²) < 4.78 is 11.0. The number of methoxy groups -OCH3 is 1. The Balaban J connectivity index is 1.85.